The van der Waals surface area contributed by atoms with Gasteiger partial charge in [-0.15, -0.1) is 0 Å². The van der Waals surface area contributed by atoms with Crippen molar-refractivity contribution in [1.29, 1.82) is 0 Å². The monoisotopic (exact) mass is 260 g/mol. The maximum absolute atomic E-state index is 13.7. The average Bonchev–Trinajstić information content (AvgIpc) is 2.40. The molecule has 3 nitrogen and oxygen atoms in total. The molecule has 0 spiro atoms. The van der Waals surface area contributed by atoms with Crippen LogP contribution in [0.1, 0.15) is 25.0 Å². The zero-order valence-electron chi connectivity index (χ0n) is 11.1. The summed E-state index contributed by atoms with van der Waals surface area (Å²) in [7, 11) is 0. The molecule has 2 rings (SSSR count). The molecule has 1 aromatic carbocycles. The first-order valence-corrected chi connectivity index (χ1v) is 6.11. The summed E-state index contributed by atoms with van der Waals surface area (Å²) in [5, 5.41) is 0. The van der Waals surface area contributed by atoms with Gasteiger partial charge in [-0.2, -0.15) is 0 Å². The normalized spacial score (nSPS) is 11.4. The van der Waals surface area contributed by atoms with E-state index in [-0.39, 0.29) is 12.4 Å². The van der Waals surface area contributed by atoms with Crippen LogP contribution in [0.5, 0.6) is 5.75 Å². The molecule has 19 heavy (non-hydrogen) atoms. The lowest BCUT2D eigenvalue weighted by atomic mass is 9.99. The summed E-state index contributed by atoms with van der Waals surface area (Å²) < 4.78 is 19.6. The maximum atomic E-state index is 13.7. The van der Waals surface area contributed by atoms with Crippen LogP contribution < -0.4 is 10.5 Å². The minimum absolute atomic E-state index is 0.106. The summed E-state index contributed by atoms with van der Waals surface area (Å²) in [6, 6.07) is 8.48. The molecule has 0 unspecified atom stereocenters. The van der Waals surface area contributed by atoms with Crippen molar-refractivity contribution in [2.24, 2.45) is 5.73 Å². The highest BCUT2D eigenvalue weighted by Gasteiger charge is 2.24. The third-order valence-electron chi connectivity index (χ3n) is 3.02. The second-order valence-electron chi connectivity index (χ2n) is 4.77. The fraction of sp³-hybridized carbons (Fsp3) is 0.267. The van der Waals surface area contributed by atoms with Crippen molar-refractivity contribution in [2.75, 3.05) is 0 Å². The van der Waals surface area contributed by atoms with E-state index in [0.29, 0.717) is 11.3 Å². The molecule has 1 heterocycles. The molecule has 1 aromatic heterocycles. The van der Waals surface area contributed by atoms with Crippen LogP contribution in [0, 0.1) is 5.82 Å². The van der Waals surface area contributed by atoms with Gasteiger partial charge in [0.15, 0.2) is 0 Å². The van der Waals surface area contributed by atoms with Crippen molar-refractivity contribution in [2.45, 2.75) is 26.0 Å². The third kappa shape index (κ3) is 2.90. The average molecular weight is 260 g/mol. The van der Waals surface area contributed by atoms with Crippen LogP contribution in [0.2, 0.25) is 0 Å². The number of hydrogen-bond acceptors (Lipinski definition) is 3. The van der Waals surface area contributed by atoms with Gasteiger partial charge >= 0.3 is 0 Å². The molecule has 0 aliphatic carbocycles. The van der Waals surface area contributed by atoms with Gasteiger partial charge in [-0.25, -0.2) is 4.39 Å². The van der Waals surface area contributed by atoms with E-state index in [1.807, 2.05) is 26.0 Å². The number of aromatic nitrogens is 1. The van der Waals surface area contributed by atoms with E-state index in [9.17, 15) is 4.39 Å². The quantitative estimate of drug-likeness (QED) is 0.919. The molecule has 0 aliphatic rings. The van der Waals surface area contributed by atoms with Gasteiger partial charge < -0.3 is 10.5 Å². The van der Waals surface area contributed by atoms with Crippen LogP contribution in [-0.4, -0.2) is 4.98 Å². The predicted molar refractivity (Wildman–Crippen MR) is 72.2 cm³/mol. The molecule has 2 aromatic rings. The number of hydrogen-bond donors (Lipinski definition) is 1. The molecule has 0 saturated heterocycles. The van der Waals surface area contributed by atoms with Crippen molar-refractivity contribution in [3.05, 3.63) is 59.7 Å². The van der Waals surface area contributed by atoms with E-state index in [4.69, 9.17) is 10.5 Å². The Hall–Kier alpha value is -1.94. The van der Waals surface area contributed by atoms with Gasteiger partial charge in [0.25, 0.3) is 0 Å². The standard InChI is InChI=1S/C15H17FN2O/c1-15(2,11-6-8-18-9-7-11)19-14-5-3-4-13(16)12(14)10-17/h3-9H,10,17H2,1-2H3. The van der Waals surface area contributed by atoms with Crippen LogP contribution in [0.25, 0.3) is 0 Å². The van der Waals surface area contributed by atoms with Crippen LogP contribution >= 0.6 is 0 Å². The highest BCUT2D eigenvalue weighted by molar-refractivity contribution is 5.36. The summed E-state index contributed by atoms with van der Waals surface area (Å²) in [4.78, 5) is 3.98. The zero-order valence-corrected chi connectivity index (χ0v) is 11.1. The van der Waals surface area contributed by atoms with E-state index in [1.165, 1.54) is 6.07 Å². The first-order chi connectivity index (χ1) is 9.04. The smallest absolute Gasteiger partial charge is 0.131 e. The Balaban J connectivity index is 2.33. The Morgan fingerprint density at radius 2 is 1.89 bits per heavy atom. The van der Waals surface area contributed by atoms with E-state index in [2.05, 4.69) is 4.98 Å². The first kappa shape index (κ1) is 13.5. The van der Waals surface area contributed by atoms with Crippen molar-refractivity contribution in [3.8, 4) is 5.75 Å². The molecule has 2 N–H and O–H groups in total. The van der Waals surface area contributed by atoms with E-state index in [0.717, 1.165) is 5.56 Å². The number of benzene rings is 1. The Labute approximate surface area is 112 Å². The Kier molecular flexibility index (Phi) is 3.81. The molecule has 0 bridgehead atoms. The van der Waals surface area contributed by atoms with Gasteiger partial charge in [-0.05, 0) is 43.7 Å². The van der Waals surface area contributed by atoms with Gasteiger partial charge in [-0.3, -0.25) is 4.98 Å². The molecule has 0 atom stereocenters. The minimum Gasteiger partial charge on any atom is -0.483 e. The second kappa shape index (κ2) is 5.36. The summed E-state index contributed by atoms with van der Waals surface area (Å²) >= 11 is 0. The van der Waals surface area contributed by atoms with Crippen LogP contribution in [0.3, 0.4) is 0 Å². The topological polar surface area (TPSA) is 48.1 Å². The van der Waals surface area contributed by atoms with Crippen molar-refractivity contribution in [3.63, 3.8) is 0 Å². The van der Waals surface area contributed by atoms with Crippen LogP contribution in [-0.2, 0) is 12.1 Å². The number of halogens is 1. The third-order valence-corrected chi connectivity index (χ3v) is 3.02. The SMILES string of the molecule is CC(C)(Oc1cccc(F)c1CN)c1ccncc1. The van der Waals surface area contributed by atoms with Crippen LogP contribution in [0.4, 0.5) is 4.39 Å². The van der Waals surface area contributed by atoms with Crippen molar-refractivity contribution < 1.29 is 9.13 Å². The van der Waals surface area contributed by atoms with E-state index >= 15 is 0 Å². The fourth-order valence-electron chi connectivity index (χ4n) is 1.92. The molecular weight excluding hydrogens is 243 g/mol. The van der Waals surface area contributed by atoms with Gasteiger partial charge in [0, 0.05) is 24.5 Å². The summed E-state index contributed by atoms with van der Waals surface area (Å²) in [5.74, 6) is 0.134. The highest BCUT2D eigenvalue weighted by Crippen LogP contribution is 2.30. The lowest BCUT2D eigenvalue weighted by Crippen LogP contribution is -2.26. The predicted octanol–water partition coefficient (Wildman–Crippen LogP) is 2.99. The fourth-order valence-corrected chi connectivity index (χ4v) is 1.92. The van der Waals surface area contributed by atoms with Crippen LogP contribution in [0.15, 0.2) is 42.7 Å². The number of nitrogens with two attached hydrogens (primary N) is 1. The Bertz CT molecular complexity index is 555. The molecule has 0 saturated carbocycles. The first-order valence-electron chi connectivity index (χ1n) is 6.11. The molecule has 0 fully saturated rings. The molecule has 0 radical (unpaired) electrons. The highest BCUT2D eigenvalue weighted by atomic mass is 19.1. The minimum atomic E-state index is -0.583. The van der Waals surface area contributed by atoms with Gasteiger partial charge in [0.1, 0.15) is 17.2 Å². The van der Waals surface area contributed by atoms with Gasteiger partial charge in [0.2, 0.25) is 0 Å². The molecule has 4 heteroatoms. The number of rotatable bonds is 4. The number of ether oxygens (including phenoxy) is 1. The summed E-state index contributed by atoms with van der Waals surface area (Å²) in [5.41, 5.74) is 6.36. The largest absolute Gasteiger partial charge is 0.483 e. The molecule has 0 aliphatic heterocycles. The number of nitrogens with zero attached hydrogens (tertiary/aromatic N) is 1. The maximum Gasteiger partial charge on any atom is 0.131 e. The Morgan fingerprint density at radius 1 is 1.21 bits per heavy atom. The number of pyridine rings is 1. The van der Waals surface area contributed by atoms with E-state index < -0.39 is 5.60 Å². The lowest BCUT2D eigenvalue weighted by Gasteiger charge is -2.28. The van der Waals surface area contributed by atoms with Gasteiger partial charge in [-0.1, -0.05) is 6.07 Å². The summed E-state index contributed by atoms with van der Waals surface area (Å²) in [6.07, 6.45) is 3.41. The molecule has 0 amide bonds. The van der Waals surface area contributed by atoms with Crippen molar-refractivity contribution in [1.82, 2.24) is 4.98 Å². The lowest BCUT2D eigenvalue weighted by molar-refractivity contribution is 0.106. The zero-order chi connectivity index (χ0) is 13.9. The molecule has 100 valence electrons. The summed E-state index contributed by atoms with van der Waals surface area (Å²) in [6.45, 7) is 3.95. The Morgan fingerprint density at radius 3 is 2.53 bits per heavy atom. The second-order valence-corrected chi connectivity index (χ2v) is 4.77. The van der Waals surface area contributed by atoms with E-state index in [1.54, 1.807) is 24.5 Å². The van der Waals surface area contributed by atoms with Gasteiger partial charge in [0.05, 0.1) is 0 Å². The molecular formula is C15H17FN2O. The van der Waals surface area contributed by atoms with Crippen molar-refractivity contribution >= 4 is 0 Å².